The zero-order chi connectivity index (χ0) is 31.9. The van der Waals surface area contributed by atoms with Crippen LogP contribution in [0.4, 0.5) is 0 Å². The summed E-state index contributed by atoms with van der Waals surface area (Å²) in [5.41, 5.74) is -0.751. The van der Waals surface area contributed by atoms with Crippen LogP contribution in [-0.4, -0.2) is 101 Å². The van der Waals surface area contributed by atoms with Crippen LogP contribution in [0.1, 0.15) is 67.2 Å². The van der Waals surface area contributed by atoms with Gasteiger partial charge in [-0.2, -0.15) is 0 Å². The molecule has 3 aliphatic rings. The van der Waals surface area contributed by atoms with Crippen molar-refractivity contribution in [3.8, 4) is 0 Å². The maximum absolute atomic E-state index is 13.8. The van der Waals surface area contributed by atoms with Gasteiger partial charge in [-0.1, -0.05) is 46.6 Å². The van der Waals surface area contributed by atoms with Crippen molar-refractivity contribution < 1.29 is 28.7 Å². The number of nitrogens with zero attached hydrogens (tertiary/aromatic N) is 2. The summed E-state index contributed by atoms with van der Waals surface area (Å²) >= 11 is 1.40. The number of fused-ring (bicyclic) bond motifs is 2. The summed E-state index contributed by atoms with van der Waals surface area (Å²) in [6.45, 7) is 15.0. The standard InChI is InChI=1S/C30H48N6O6S/c1-8-17(4)23-28-33-20(16-43-28)26(39)35-24(18(5)9-2)29(41)36-13-11-12-21(36)27(40)31-14-22(37)32-19(25(38)34-23)15-42-30(6,7)10-3/h10,17-21,23-24H,3,8-9,11-16H2,1-2,4-7H3,(H,31,40)(H,32,37)(H,34,38)(H,35,39)/t17-,18-,19-,20-,21-,23-,24-/m0/s1. The first-order chi connectivity index (χ1) is 20.3. The van der Waals surface area contributed by atoms with Gasteiger partial charge in [-0.3, -0.25) is 29.0 Å². The maximum Gasteiger partial charge on any atom is 0.246 e. The predicted octanol–water partition coefficient (Wildman–Crippen LogP) is 1.15. The number of aliphatic imine (C=N–C) groups is 1. The Bertz CT molecular complexity index is 1110. The molecule has 7 atom stereocenters. The van der Waals surface area contributed by atoms with E-state index in [1.54, 1.807) is 19.9 Å². The van der Waals surface area contributed by atoms with E-state index in [0.29, 0.717) is 36.6 Å². The van der Waals surface area contributed by atoms with Crippen LogP contribution in [-0.2, 0) is 28.7 Å². The Morgan fingerprint density at radius 1 is 1.02 bits per heavy atom. The molecule has 12 nitrogen and oxygen atoms in total. The molecule has 1 fully saturated rings. The van der Waals surface area contributed by atoms with Crippen molar-refractivity contribution in [2.45, 2.75) is 103 Å². The van der Waals surface area contributed by atoms with Gasteiger partial charge >= 0.3 is 0 Å². The smallest absolute Gasteiger partial charge is 0.246 e. The van der Waals surface area contributed by atoms with Crippen molar-refractivity contribution in [3.63, 3.8) is 0 Å². The SMILES string of the molecule is C=CC(C)(C)OC[C@@H]1NC(=O)CNC(=O)[C@@H]2CCCN2C(=O)[C@H]([C@@H](C)CC)NC(=O)[C@@H]2CSC(=N2)[C@H]([C@@H](C)CC)NC1=O. The first-order valence-corrected chi connectivity index (χ1v) is 16.3. The van der Waals surface area contributed by atoms with Gasteiger partial charge in [0.2, 0.25) is 29.5 Å². The first-order valence-electron chi connectivity index (χ1n) is 15.3. The van der Waals surface area contributed by atoms with Gasteiger partial charge in [0.05, 0.1) is 29.8 Å². The zero-order valence-electron chi connectivity index (χ0n) is 26.2. The molecular formula is C30H48N6O6S. The fourth-order valence-electron chi connectivity index (χ4n) is 5.12. The molecule has 0 aliphatic carbocycles. The van der Waals surface area contributed by atoms with Crippen LogP contribution < -0.4 is 21.3 Å². The van der Waals surface area contributed by atoms with Crippen LogP contribution in [0.15, 0.2) is 17.6 Å². The molecule has 13 heteroatoms. The Morgan fingerprint density at radius 2 is 1.67 bits per heavy atom. The van der Waals surface area contributed by atoms with Crippen LogP contribution in [0.25, 0.3) is 0 Å². The number of amides is 5. The van der Waals surface area contributed by atoms with Crippen molar-refractivity contribution in [3.05, 3.63) is 12.7 Å². The molecule has 43 heavy (non-hydrogen) atoms. The molecule has 0 unspecified atom stereocenters. The van der Waals surface area contributed by atoms with Gasteiger partial charge in [-0.15, -0.1) is 18.3 Å². The molecule has 0 aromatic rings. The van der Waals surface area contributed by atoms with E-state index < -0.39 is 53.5 Å². The summed E-state index contributed by atoms with van der Waals surface area (Å²) in [5.74, 6) is -1.99. The quantitative estimate of drug-likeness (QED) is 0.297. The normalized spacial score (nSPS) is 29.3. The molecule has 5 amide bonds. The van der Waals surface area contributed by atoms with E-state index in [2.05, 4.69) is 27.8 Å². The lowest BCUT2D eigenvalue weighted by atomic mass is 9.97. The van der Waals surface area contributed by atoms with E-state index in [0.717, 1.165) is 6.42 Å². The minimum absolute atomic E-state index is 0.0229. The highest BCUT2D eigenvalue weighted by atomic mass is 32.2. The van der Waals surface area contributed by atoms with Gasteiger partial charge in [0.25, 0.3) is 0 Å². The molecule has 0 aromatic carbocycles. The summed E-state index contributed by atoms with van der Waals surface area (Å²) in [6.07, 6.45) is 4.05. The lowest BCUT2D eigenvalue weighted by Gasteiger charge is -2.32. The Labute approximate surface area is 259 Å². The first kappa shape index (κ1) is 34.6. The topological polar surface area (TPSA) is 158 Å². The summed E-state index contributed by atoms with van der Waals surface area (Å²) in [7, 11) is 0. The summed E-state index contributed by atoms with van der Waals surface area (Å²) in [6, 6.07) is -3.87. The Morgan fingerprint density at radius 3 is 2.33 bits per heavy atom. The van der Waals surface area contributed by atoms with E-state index >= 15 is 0 Å². The Hall–Kier alpha value is -2.93. The summed E-state index contributed by atoms with van der Waals surface area (Å²) < 4.78 is 5.89. The number of nitrogens with one attached hydrogen (secondary N) is 4. The van der Waals surface area contributed by atoms with E-state index in [1.807, 2.05) is 27.7 Å². The molecule has 1 saturated heterocycles. The molecule has 3 aliphatic heterocycles. The monoisotopic (exact) mass is 620 g/mol. The third kappa shape index (κ3) is 8.81. The van der Waals surface area contributed by atoms with Gasteiger partial charge in [-0.25, -0.2) is 0 Å². The molecule has 3 heterocycles. The number of rotatable bonds is 8. The number of thioether (sulfide) groups is 1. The van der Waals surface area contributed by atoms with Crippen molar-refractivity contribution in [2.75, 3.05) is 25.4 Å². The highest BCUT2D eigenvalue weighted by Crippen LogP contribution is 2.27. The van der Waals surface area contributed by atoms with Crippen LogP contribution in [0.2, 0.25) is 0 Å². The number of hydrogen-bond acceptors (Lipinski definition) is 8. The number of carbonyl (C=O) groups excluding carboxylic acids is 5. The van der Waals surface area contributed by atoms with E-state index in [1.165, 1.54) is 16.7 Å². The van der Waals surface area contributed by atoms with Gasteiger partial charge in [0.15, 0.2) is 0 Å². The van der Waals surface area contributed by atoms with Gasteiger partial charge in [-0.05, 0) is 38.5 Å². The van der Waals surface area contributed by atoms with E-state index in [4.69, 9.17) is 9.73 Å². The fraction of sp³-hybridized carbons (Fsp3) is 0.733. The minimum Gasteiger partial charge on any atom is -0.369 e. The van der Waals surface area contributed by atoms with Crippen molar-refractivity contribution in [2.24, 2.45) is 16.8 Å². The third-order valence-corrected chi connectivity index (χ3v) is 9.69. The molecule has 240 valence electrons. The molecule has 0 radical (unpaired) electrons. The Kier molecular flexibility index (Phi) is 12.2. The van der Waals surface area contributed by atoms with Crippen molar-refractivity contribution >= 4 is 46.3 Å². The molecule has 0 saturated carbocycles. The molecular weight excluding hydrogens is 572 g/mol. The molecule has 3 rings (SSSR count). The van der Waals surface area contributed by atoms with Gasteiger partial charge < -0.3 is 30.9 Å². The molecule has 0 spiro atoms. The number of carbonyl (C=O) groups is 5. The largest absolute Gasteiger partial charge is 0.369 e. The summed E-state index contributed by atoms with van der Waals surface area (Å²) in [4.78, 5) is 73.2. The van der Waals surface area contributed by atoms with Crippen LogP contribution in [0, 0.1) is 11.8 Å². The highest BCUT2D eigenvalue weighted by Gasteiger charge is 2.41. The van der Waals surface area contributed by atoms with Crippen LogP contribution >= 0.6 is 11.8 Å². The average molecular weight is 621 g/mol. The number of ether oxygens (including phenoxy) is 1. The zero-order valence-corrected chi connectivity index (χ0v) is 27.1. The van der Waals surface area contributed by atoms with Crippen molar-refractivity contribution in [1.82, 2.24) is 26.2 Å². The summed E-state index contributed by atoms with van der Waals surface area (Å²) in [5, 5.41) is 11.9. The predicted molar refractivity (Wildman–Crippen MR) is 166 cm³/mol. The minimum atomic E-state index is -1.07. The number of hydrogen-bond donors (Lipinski definition) is 4. The van der Waals surface area contributed by atoms with Gasteiger partial charge in [0.1, 0.15) is 24.2 Å². The molecule has 4 N–H and O–H groups in total. The average Bonchev–Trinajstić information content (AvgIpc) is 3.68. The van der Waals surface area contributed by atoms with Gasteiger partial charge in [0, 0.05) is 12.3 Å². The lowest BCUT2D eigenvalue weighted by molar-refractivity contribution is -0.143. The fourth-order valence-corrected chi connectivity index (χ4v) is 6.35. The van der Waals surface area contributed by atoms with E-state index in [-0.39, 0.29) is 36.8 Å². The van der Waals surface area contributed by atoms with E-state index in [9.17, 15) is 24.0 Å². The molecule has 2 bridgehead atoms. The second-order valence-corrected chi connectivity index (χ2v) is 13.2. The second-order valence-electron chi connectivity index (χ2n) is 12.2. The Balaban J connectivity index is 1.98. The maximum atomic E-state index is 13.8. The van der Waals surface area contributed by atoms with Crippen LogP contribution in [0.5, 0.6) is 0 Å². The van der Waals surface area contributed by atoms with Crippen LogP contribution in [0.3, 0.4) is 0 Å². The molecule has 0 aromatic heterocycles. The highest BCUT2D eigenvalue weighted by molar-refractivity contribution is 8.14. The lowest BCUT2D eigenvalue weighted by Crippen LogP contribution is -2.58. The third-order valence-electron chi connectivity index (χ3n) is 8.56. The second kappa shape index (κ2) is 15.2. The van der Waals surface area contributed by atoms with Crippen molar-refractivity contribution in [1.29, 1.82) is 0 Å².